The Morgan fingerprint density at radius 2 is 1.83 bits per heavy atom. The van der Waals surface area contributed by atoms with Crippen LogP contribution in [-0.4, -0.2) is 42.4 Å². The lowest BCUT2D eigenvalue weighted by Gasteiger charge is -2.22. The van der Waals surface area contributed by atoms with Gasteiger partial charge in [0.05, 0.1) is 17.8 Å². The third-order valence-electron chi connectivity index (χ3n) is 5.99. The fourth-order valence-electron chi connectivity index (χ4n) is 4.48. The molecule has 1 saturated heterocycles. The fourth-order valence-corrected chi connectivity index (χ4v) is 4.48. The monoisotopic (exact) mass is 482 g/mol. The smallest absolute Gasteiger partial charge is 0.229 e. The molecule has 5 rings (SSSR count). The normalized spacial score (nSPS) is 14.3. The van der Waals surface area contributed by atoms with Gasteiger partial charge < -0.3 is 15.2 Å². The Morgan fingerprint density at radius 1 is 1.09 bits per heavy atom. The van der Waals surface area contributed by atoms with Gasteiger partial charge in [-0.3, -0.25) is 4.68 Å². The molecule has 0 spiro atoms. The molecule has 0 radical (unpaired) electrons. The molecule has 1 aromatic carbocycles. The van der Waals surface area contributed by atoms with Crippen LogP contribution in [0.4, 0.5) is 20.5 Å². The fraction of sp³-hybridized carbons (Fsp3) is 0.440. The standard InChI is InChI=1S/C23H26F2N8.C2H6/c1-13(2)33-14(3)28-22-17(24)10-15(11-19(22)33)21-18(25)12-27-23(30-21)29-20-6-9-32(31-20)16-4-7-26-8-5-16;1-2/h6,9-13,16,26H,4-5,7-8H2,1-3H3,(H,27,29,30,31);1-2H3. The van der Waals surface area contributed by atoms with Crippen LogP contribution >= 0.6 is 0 Å². The summed E-state index contributed by atoms with van der Waals surface area (Å²) in [6.45, 7) is 11.8. The van der Waals surface area contributed by atoms with Crippen molar-refractivity contribution < 1.29 is 8.78 Å². The number of aryl methyl sites for hydroxylation is 1. The Kier molecular flexibility index (Phi) is 7.39. The molecule has 10 heteroatoms. The molecule has 2 N–H and O–H groups in total. The molecule has 4 heterocycles. The summed E-state index contributed by atoms with van der Waals surface area (Å²) in [6, 6.07) is 5.24. The predicted octanol–water partition coefficient (Wildman–Crippen LogP) is 5.55. The van der Waals surface area contributed by atoms with Crippen molar-refractivity contribution in [1.29, 1.82) is 0 Å². The van der Waals surface area contributed by atoms with Gasteiger partial charge in [0.1, 0.15) is 17.0 Å². The molecule has 0 unspecified atom stereocenters. The summed E-state index contributed by atoms with van der Waals surface area (Å²) in [7, 11) is 0. The summed E-state index contributed by atoms with van der Waals surface area (Å²) in [4.78, 5) is 12.7. The van der Waals surface area contributed by atoms with E-state index in [1.807, 2.05) is 56.1 Å². The second-order valence-corrected chi connectivity index (χ2v) is 8.63. The van der Waals surface area contributed by atoms with Crippen LogP contribution in [0.3, 0.4) is 0 Å². The van der Waals surface area contributed by atoms with Gasteiger partial charge in [-0.05, 0) is 58.8 Å². The summed E-state index contributed by atoms with van der Waals surface area (Å²) in [5.41, 5.74) is 1.21. The number of anilines is 2. The lowest BCUT2D eigenvalue weighted by molar-refractivity contribution is 0.344. The van der Waals surface area contributed by atoms with Gasteiger partial charge in [0, 0.05) is 23.9 Å². The molecule has 0 aliphatic carbocycles. The number of hydrogen-bond acceptors (Lipinski definition) is 6. The summed E-state index contributed by atoms with van der Waals surface area (Å²) in [5, 5.41) is 11.0. The number of hydrogen-bond donors (Lipinski definition) is 2. The van der Waals surface area contributed by atoms with Crippen LogP contribution in [0.5, 0.6) is 0 Å². The molecule has 35 heavy (non-hydrogen) atoms. The molecule has 0 saturated carbocycles. The summed E-state index contributed by atoms with van der Waals surface area (Å²) in [6.07, 6.45) is 5.03. The third kappa shape index (κ3) is 5.02. The van der Waals surface area contributed by atoms with Gasteiger partial charge in [0.25, 0.3) is 0 Å². The van der Waals surface area contributed by atoms with Gasteiger partial charge >= 0.3 is 0 Å². The number of nitrogens with zero attached hydrogens (tertiary/aromatic N) is 6. The number of halogens is 2. The summed E-state index contributed by atoms with van der Waals surface area (Å²) < 4.78 is 33.4. The highest BCUT2D eigenvalue weighted by atomic mass is 19.1. The Morgan fingerprint density at radius 3 is 2.54 bits per heavy atom. The maximum atomic E-state index is 14.9. The molecule has 186 valence electrons. The van der Waals surface area contributed by atoms with E-state index in [4.69, 9.17) is 0 Å². The lowest BCUT2D eigenvalue weighted by Crippen LogP contribution is -2.29. The molecule has 1 aliphatic rings. The molecule has 1 fully saturated rings. The van der Waals surface area contributed by atoms with Crippen molar-refractivity contribution >= 4 is 22.8 Å². The summed E-state index contributed by atoms with van der Waals surface area (Å²) >= 11 is 0. The van der Waals surface area contributed by atoms with Crippen molar-refractivity contribution in [3.63, 3.8) is 0 Å². The van der Waals surface area contributed by atoms with E-state index in [0.717, 1.165) is 32.1 Å². The van der Waals surface area contributed by atoms with Crippen molar-refractivity contribution in [2.24, 2.45) is 0 Å². The zero-order valence-corrected chi connectivity index (χ0v) is 20.8. The topological polar surface area (TPSA) is 85.5 Å². The molecule has 3 aromatic heterocycles. The minimum Gasteiger partial charge on any atom is -0.326 e. The van der Waals surface area contributed by atoms with Crippen LogP contribution in [0.1, 0.15) is 58.4 Å². The number of imidazole rings is 1. The van der Waals surface area contributed by atoms with E-state index >= 15 is 0 Å². The van der Waals surface area contributed by atoms with Crippen LogP contribution in [0.2, 0.25) is 0 Å². The zero-order valence-electron chi connectivity index (χ0n) is 20.8. The van der Waals surface area contributed by atoms with E-state index in [-0.39, 0.29) is 23.2 Å². The van der Waals surface area contributed by atoms with Crippen molar-refractivity contribution in [2.45, 2.75) is 59.5 Å². The molecule has 4 aromatic rings. The highest BCUT2D eigenvalue weighted by Gasteiger charge is 2.19. The Balaban J connectivity index is 0.00000141. The Hall–Kier alpha value is -3.40. The number of nitrogens with one attached hydrogen (secondary N) is 2. The molecular formula is C25H32F2N8. The van der Waals surface area contributed by atoms with Crippen molar-refractivity contribution in [3.05, 3.63) is 48.1 Å². The first-order valence-corrected chi connectivity index (χ1v) is 12.1. The van der Waals surface area contributed by atoms with Crippen LogP contribution in [0, 0.1) is 18.6 Å². The van der Waals surface area contributed by atoms with Crippen LogP contribution < -0.4 is 10.6 Å². The first kappa shape index (κ1) is 24.7. The Bertz CT molecular complexity index is 1300. The van der Waals surface area contributed by atoms with Crippen molar-refractivity contribution in [3.8, 4) is 11.3 Å². The lowest BCUT2D eigenvalue weighted by atomic mass is 10.1. The van der Waals surface area contributed by atoms with Crippen LogP contribution in [0.15, 0.2) is 30.6 Å². The minimum atomic E-state index is -0.633. The maximum absolute atomic E-state index is 14.9. The number of fused-ring (bicyclic) bond motifs is 1. The highest BCUT2D eigenvalue weighted by molar-refractivity contribution is 5.83. The first-order valence-electron chi connectivity index (χ1n) is 12.1. The van der Waals surface area contributed by atoms with Gasteiger partial charge in [-0.15, -0.1) is 0 Å². The molecule has 0 amide bonds. The Labute approximate surface area is 203 Å². The van der Waals surface area contributed by atoms with Crippen LogP contribution in [-0.2, 0) is 0 Å². The maximum Gasteiger partial charge on any atom is 0.229 e. The van der Waals surface area contributed by atoms with Gasteiger partial charge in [0.15, 0.2) is 17.5 Å². The van der Waals surface area contributed by atoms with E-state index in [2.05, 4.69) is 30.7 Å². The predicted molar refractivity (Wildman–Crippen MR) is 134 cm³/mol. The molecule has 0 bridgehead atoms. The molecular weight excluding hydrogens is 450 g/mol. The van der Waals surface area contributed by atoms with Gasteiger partial charge in [0.2, 0.25) is 5.95 Å². The average Bonchev–Trinajstić information content (AvgIpc) is 3.46. The van der Waals surface area contributed by atoms with E-state index in [1.54, 1.807) is 6.07 Å². The van der Waals surface area contributed by atoms with Crippen molar-refractivity contribution in [1.82, 2.24) is 34.6 Å². The van der Waals surface area contributed by atoms with E-state index in [1.165, 1.54) is 6.07 Å². The average molecular weight is 483 g/mol. The SMILES string of the molecule is CC.Cc1nc2c(F)cc(-c3nc(Nc4ccn(C5CCNCC5)n4)ncc3F)cc2n1C(C)C. The largest absolute Gasteiger partial charge is 0.326 e. The zero-order chi connectivity index (χ0) is 25.1. The van der Waals surface area contributed by atoms with Crippen LogP contribution in [0.25, 0.3) is 22.3 Å². The molecule has 8 nitrogen and oxygen atoms in total. The van der Waals surface area contributed by atoms with Gasteiger partial charge in [-0.2, -0.15) is 5.10 Å². The minimum absolute atomic E-state index is 0.0141. The number of benzene rings is 1. The second kappa shape index (κ2) is 10.5. The molecule has 1 aliphatic heterocycles. The quantitative estimate of drug-likeness (QED) is 0.388. The van der Waals surface area contributed by atoms with Gasteiger partial charge in [-0.25, -0.2) is 23.7 Å². The number of rotatable bonds is 5. The number of piperidine rings is 1. The van der Waals surface area contributed by atoms with Crippen molar-refractivity contribution in [2.75, 3.05) is 18.4 Å². The second-order valence-electron chi connectivity index (χ2n) is 8.63. The molecule has 0 atom stereocenters. The highest BCUT2D eigenvalue weighted by Crippen LogP contribution is 2.30. The summed E-state index contributed by atoms with van der Waals surface area (Å²) in [5.74, 6) is 0.313. The van der Waals surface area contributed by atoms with E-state index in [0.29, 0.717) is 28.8 Å². The number of aromatic nitrogens is 6. The van der Waals surface area contributed by atoms with E-state index in [9.17, 15) is 8.78 Å². The van der Waals surface area contributed by atoms with E-state index < -0.39 is 11.6 Å². The van der Waals surface area contributed by atoms with Gasteiger partial charge in [-0.1, -0.05) is 13.8 Å². The third-order valence-corrected chi connectivity index (χ3v) is 5.99. The first-order chi connectivity index (χ1) is 16.9.